The quantitative estimate of drug-likeness (QED) is 0.0264. The number of esters is 3. The van der Waals surface area contributed by atoms with Crippen molar-refractivity contribution in [3.05, 3.63) is 36.5 Å². The molecule has 0 rings (SSSR count). The highest BCUT2D eigenvalue weighted by Crippen LogP contribution is 2.16. The Labute approximate surface area is 353 Å². The van der Waals surface area contributed by atoms with Crippen LogP contribution in [0, 0.1) is 0 Å². The molecule has 0 spiro atoms. The van der Waals surface area contributed by atoms with E-state index in [1.54, 1.807) is 0 Å². The van der Waals surface area contributed by atoms with Crippen molar-refractivity contribution in [3.8, 4) is 0 Å². The van der Waals surface area contributed by atoms with Gasteiger partial charge in [-0.05, 0) is 51.4 Å². The first-order chi connectivity index (χ1) is 28.0. The topological polar surface area (TPSA) is 78.9 Å². The molecule has 0 aromatic rings. The van der Waals surface area contributed by atoms with Gasteiger partial charge in [-0.3, -0.25) is 14.4 Å². The Balaban J connectivity index is 4.21. The van der Waals surface area contributed by atoms with E-state index < -0.39 is 6.10 Å². The highest BCUT2D eigenvalue weighted by atomic mass is 16.6. The van der Waals surface area contributed by atoms with Crippen molar-refractivity contribution in [3.63, 3.8) is 0 Å². The lowest BCUT2D eigenvalue weighted by Gasteiger charge is -2.18. The van der Waals surface area contributed by atoms with Crippen LogP contribution in [0.4, 0.5) is 0 Å². The molecular formula is C51H92O6. The number of ether oxygens (including phenoxy) is 3. The lowest BCUT2D eigenvalue weighted by molar-refractivity contribution is -0.167. The summed E-state index contributed by atoms with van der Waals surface area (Å²) in [6, 6.07) is 0. The van der Waals surface area contributed by atoms with Crippen molar-refractivity contribution in [2.24, 2.45) is 0 Å². The molecule has 0 aliphatic carbocycles. The van der Waals surface area contributed by atoms with E-state index in [0.717, 1.165) is 96.3 Å². The Morgan fingerprint density at radius 2 is 0.684 bits per heavy atom. The first-order valence-corrected chi connectivity index (χ1v) is 24.5. The molecule has 332 valence electrons. The summed E-state index contributed by atoms with van der Waals surface area (Å²) in [7, 11) is 0. The lowest BCUT2D eigenvalue weighted by atomic mass is 10.0. The summed E-state index contributed by atoms with van der Waals surface area (Å²) >= 11 is 0. The van der Waals surface area contributed by atoms with Crippen LogP contribution in [0.5, 0.6) is 0 Å². The fourth-order valence-electron chi connectivity index (χ4n) is 6.99. The van der Waals surface area contributed by atoms with Crippen molar-refractivity contribution in [1.82, 2.24) is 0 Å². The first-order valence-electron chi connectivity index (χ1n) is 24.5. The molecule has 57 heavy (non-hydrogen) atoms. The smallest absolute Gasteiger partial charge is 0.306 e. The molecule has 0 N–H and O–H groups in total. The van der Waals surface area contributed by atoms with Crippen LogP contribution in [-0.2, 0) is 28.6 Å². The van der Waals surface area contributed by atoms with Crippen LogP contribution in [-0.4, -0.2) is 37.2 Å². The molecule has 0 radical (unpaired) electrons. The molecule has 0 saturated heterocycles. The highest BCUT2D eigenvalue weighted by molar-refractivity contribution is 5.71. The molecule has 6 heteroatoms. The molecule has 0 aromatic carbocycles. The minimum absolute atomic E-state index is 0.0763. The molecule has 0 heterocycles. The van der Waals surface area contributed by atoms with E-state index in [9.17, 15) is 14.4 Å². The van der Waals surface area contributed by atoms with Gasteiger partial charge in [-0.25, -0.2) is 0 Å². The van der Waals surface area contributed by atoms with E-state index in [1.807, 2.05) is 0 Å². The average molecular weight is 801 g/mol. The minimum atomic E-state index is -0.773. The van der Waals surface area contributed by atoms with Gasteiger partial charge in [0.1, 0.15) is 13.2 Å². The molecule has 1 atom stereocenters. The van der Waals surface area contributed by atoms with E-state index in [4.69, 9.17) is 14.2 Å². The zero-order chi connectivity index (χ0) is 41.5. The van der Waals surface area contributed by atoms with Crippen molar-refractivity contribution in [2.45, 2.75) is 258 Å². The van der Waals surface area contributed by atoms with E-state index in [-0.39, 0.29) is 31.1 Å². The Bertz CT molecular complexity index is 969. The van der Waals surface area contributed by atoms with Crippen LogP contribution in [0.2, 0.25) is 0 Å². The molecule has 0 fully saturated rings. The maximum Gasteiger partial charge on any atom is 0.306 e. The fraction of sp³-hybridized carbons (Fsp3) is 0.824. The van der Waals surface area contributed by atoms with Crippen LogP contribution in [0.3, 0.4) is 0 Å². The predicted molar refractivity (Wildman–Crippen MR) is 242 cm³/mol. The molecule has 0 aliphatic heterocycles. The Morgan fingerprint density at radius 1 is 0.368 bits per heavy atom. The minimum Gasteiger partial charge on any atom is -0.462 e. The second-order valence-electron chi connectivity index (χ2n) is 16.4. The number of rotatable bonds is 44. The Hall–Kier alpha value is -2.37. The zero-order valence-corrected chi connectivity index (χ0v) is 37.9. The van der Waals surface area contributed by atoms with Crippen LogP contribution < -0.4 is 0 Å². The van der Waals surface area contributed by atoms with Crippen LogP contribution >= 0.6 is 0 Å². The molecule has 0 bridgehead atoms. The number of carbonyl (C=O) groups excluding carboxylic acids is 3. The van der Waals surface area contributed by atoms with Gasteiger partial charge in [-0.2, -0.15) is 0 Å². The van der Waals surface area contributed by atoms with Gasteiger partial charge >= 0.3 is 17.9 Å². The van der Waals surface area contributed by atoms with E-state index in [1.165, 1.54) is 116 Å². The third-order valence-corrected chi connectivity index (χ3v) is 10.7. The number of hydrogen-bond donors (Lipinski definition) is 0. The molecule has 0 amide bonds. The third kappa shape index (κ3) is 44.6. The van der Waals surface area contributed by atoms with Crippen molar-refractivity contribution >= 4 is 17.9 Å². The van der Waals surface area contributed by atoms with E-state index in [0.29, 0.717) is 19.3 Å². The summed E-state index contributed by atoms with van der Waals surface area (Å²) in [6.45, 7) is 6.47. The normalized spacial score (nSPS) is 12.3. The summed E-state index contributed by atoms with van der Waals surface area (Å²) in [5.74, 6) is -0.896. The van der Waals surface area contributed by atoms with Crippen molar-refractivity contribution in [1.29, 1.82) is 0 Å². The zero-order valence-electron chi connectivity index (χ0n) is 37.9. The Kier molecular flexibility index (Phi) is 44.4. The van der Waals surface area contributed by atoms with E-state index in [2.05, 4.69) is 57.2 Å². The lowest BCUT2D eigenvalue weighted by Crippen LogP contribution is -2.30. The third-order valence-electron chi connectivity index (χ3n) is 10.7. The van der Waals surface area contributed by atoms with Crippen LogP contribution in [0.1, 0.15) is 252 Å². The van der Waals surface area contributed by atoms with Crippen LogP contribution in [0.25, 0.3) is 0 Å². The summed E-state index contributed by atoms with van der Waals surface area (Å²) in [4.78, 5) is 37.6. The maximum atomic E-state index is 12.7. The van der Waals surface area contributed by atoms with Gasteiger partial charge in [0.25, 0.3) is 0 Å². The molecule has 1 unspecified atom stereocenters. The second-order valence-corrected chi connectivity index (χ2v) is 16.4. The van der Waals surface area contributed by atoms with Gasteiger partial charge in [0.2, 0.25) is 0 Å². The predicted octanol–water partition coefficient (Wildman–Crippen LogP) is 15.8. The van der Waals surface area contributed by atoms with Crippen LogP contribution in [0.15, 0.2) is 36.5 Å². The number of allylic oxidation sites excluding steroid dienone is 6. The summed E-state index contributed by atoms with van der Waals surface area (Å²) < 4.78 is 16.7. The largest absolute Gasteiger partial charge is 0.462 e. The number of carbonyl (C=O) groups is 3. The van der Waals surface area contributed by atoms with Crippen molar-refractivity contribution in [2.75, 3.05) is 13.2 Å². The fourth-order valence-corrected chi connectivity index (χ4v) is 6.99. The van der Waals surface area contributed by atoms with E-state index >= 15 is 0 Å². The van der Waals surface area contributed by atoms with Gasteiger partial charge in [0, 0.05) is 19.3 Å². The monoisotopic (exact) mass is 801 g/mol. The van der Waals surface area contributed by atoms with Gasteiger partial charge in [-0.1, -0.05) is 218 Å². The van der Waals surface area contributed by atoms with Gasteiger partial charge in [0.15, 0.2) is 6.10 Å². The Morgan fingerprint density at radius 3 is 1.07 bits per heavy atom. The second kappa shape index (κ2) is 46.3. The van der Waals surface area contributed by atoms with Gasteiger partial charge in [0.05, 0.1) is 0 Å². The maximum absolute atomic E-state index is 12.7. The van der Waals surface area contributed by atoms with Crippen molar-refractivity contribution < 1.29 is 28.6 Å². The van der Waals surface area contributed by atoms with Gasteiger partial charge < -0.3 is 14.2 Å². The number of hydrogen-bond acceptors (Lipinski definition) is 6. The number of unbranched alkanes of at least 4 members (excludes halogenated alkanes) is 27. The first kappa shape index (κ1) is 54.6. The SMILES string of the molecule is CC/C=C\C/C=C\C/C=C\CCCCCCCC(=O)OC(COC(=O)CCCCCCCC)COC(=O)CCCCCCCCCCCCCCCCCCCC. The standard InChI is InChI=1S/C51H92O6/c1-4-7-10-13-16-18-20-22-24-25-26-28-29-31-33-35-38-41-44-50(53)56-47-48(46-55-49(52)43-40-37-15-12-9-6-3)57-51(54)45-42-39-36-34-32-30-27-23-21-19-17-14-11-8-5-2/h8,11,17,19,23,27,48H,4-7,9-10,12-16,18,20-22,24-26,28-47H2,1-3H3/b11-8-,19-17-,27-23-. The molecule has 0 aromatic heterocycles. The molecule has 0 aliphatic rings. The summed E-state index contributed by atoms with van der Waals surface area (Å²) in [6.07, 6.45) is 52.9. The molecule has 0 saturated carbocycles. The molecular weight excluding hydrogens is 709 g/mol. The molecule has 6 nitrogen and oxygen atoms in total. The average Bonchev–Trinajstić information content (AvgIpc) is 3.21. The summed E-state index contributed by atoms with van der Waals surface area (Å²) in [5.41, 5.74) is 0. The highest BCUT2D eigenvalue weighted by Gasteiger charge is 2.19. The van der Waals surface area contributed by atoms with Gasteiger partial charge in [-0.15, -0.1) is 0 Å². The summed E-state index contributed by atoms with van der Waals surface area (Å²) in [5, 5.41) is 0.